The Morgan fingerprint density at radius 1 is 1.06 bits per heavy atom. The highest BCUT2D eigenvalue weighted by atomic mass is 79.9. The minimum atomic E-state index is -0.467. The van der Waals surface area contributed by atoms with E-state index in [1.165, 1.54) is 6.08 Å². The van der Waals surface area contributed by atoms with Crippen molar-refractivity contribution >= 4 is 27.9 Å². The topological polar surface area (TPSA) is 78.7 Å². The van der Waals surface area contributed by atoms with Gasteiger partial charge in [0.25, 0.3) is 5.91 Å². The molecule has 5 nitrogen and oxygen atoms in total. The molecule has 0 saturated heterocycles. The molecular formula is C25H21BrN4O. The van der Waals surface area contributed by atoms with E-state index in [-0.39, 0.29) is 11.5 Å². The van der Waals surface area contributed by atoms with Crippen LogP contribution in [0.5, 0.6) is 0 Å². The third-order valence-electron chi connectivity index (χ3n) is 5.64. The molecule has 4 rings (SSSR count). The van der Waals surface area contributed by atoms with E-state index in [9.17, 15) is 10.1 Å². The number of carbonyl (C=O) groups excluding carboxylic acids is 1. The highest BCUT2D eigenvalue weighted by molar-refractivity contribution is 9.10. The maximum atomic E-state index is 13.0. The Hall–Kier alpha value is -3.30. The van der Waals surface area contributed by atoms with Crippen molar-refractivity contribution in [3.05, 3.63) is 88.4 Å². The molecule has 0 bridgehead atoms. The van der Waals surface area contributed by atoms with Crippen molar-refractivity contribution in [2.75, 3.05) is 0 Å². The highest BCUT2D eigenvalue weighted by Gasteiger charge is 2.37. The molecule has 1 fully saturated rings. The standard InChI is InChI=1S/C25H21BrN4O/c26-23-7-3-6-22(29-23)15-20(16-27)24(31)30-25(12-1-2-13-25)21-10-8-18(9-11-21)19-5-4-14-28-17-19/h3-11,14-15,17H,1-2,12-13H2,(H,30,31)/b20-15+. The van der Waals surface area contributed by atoms with Gasteiger partial charge in [0.15, 0.2) is 0 Å². The molecule has 1 aliphatic carbocycles. The lowest BCUT2D eigenvalue weighted by Gasteiger charge is -2.31. The van der Waals surface area contributed by atoms with Gasteiger partial charge < -0.3 is 5.32 Å². The molecular weight excluding hydrogens is 452 g/mol. The van der Waals surface area contributed by atoms with Crippen molar-refractivity contribution in [2.45, 2.75) is 31.2 Å². The van der Waals surface area contributed by atoms with Crippen LogP contribution in [0, 0.1) is 11.3 Å². The summed E-state index contributed by atoms with van der Waals surface area (Å²) in [5, 5.41) is 12.8. The minimum absolute atomic E-state index is 0.0452. The molecule has 0 aliphatic heterocycles. The molecule has 0 unspecified atom stereocenters. The molecule has 2 aromatic heterocycles. The molecule has 1 aliphatic rings. The lowest BCUT2D eigenvalue weighted by atomic mass is 9.86. The van der Waals surface area contributed by atoms with Gasteiger partial charge in [0.05, 0.1) is 11.2 Å². The van der Waals surface area contributed by atoms with Crippen molar-refractivity contribution in [1.29, 1.82) is 5.26 Å². The fourth-order valence-corrected chi connectivity index (χ4v) is 4.42. The summed E-state index contributed by atoms with van der Waals surface area (Å²) in [6, 6.07) is 19.6. The van der Waals surface area contributed by atoms with Gasteiger partial charge in [0.2, 0.25) is 0 Å². The first-order valence-corrected chi connectivity index (χ1v) is 11.0. The summed E-state index contributed by atoms with van der Waals surface area (Å²) in [4.78, 5) is 21.5. The molecule has 0 spiro atoms. The quantitative estimate of drug-likeness (QED) is 0.306. The summed E-state index contributed by atoms with van der Waals surface area (Å²) in [7, 11) is 0. The maximum Gasteiger partial charge on any atom is 0.262 e. The summed E-state index contributed by atoms with van der Waals surface area (Å²) >= 11 is 3.32. The molecule has 3 aromatic rings. The monoisotopic (exact) mass is 472 g/mol. The van der Waals surface area contributed by atoms with E-state index >= 15 is 0 Å². The predicted octanol–water partition coefficient (Wildman–Crippen LogP) is 5.40. The van der Waals surface area contributed by atoms with Crippen LogP contribution < -0.4 is 5.32 Å². The SMILES string of the molecule is N#C/C(=C\c1cccc(Br)n1)C(=O)NC1(c2ccc(-c3cccnc3)cc2)CCCC1. The molecule has 0 atom stereocenters. The van der Waals surface area contributed by atoms with Gasteiger partial charge >= 0.3 is 0 Å². The molecule has 1 saturated carbocycles. The normalized spacial score (nSPS) is 15.3. The van der Waals surface area contributed by atoms with Crippen LogP contribution in [0.25, 0.3) is 17.2 Å². The van der Waals surface area contributed by atoms with Crippen molar-refractivity contribution in [3.8, 4) is 17.2 Å². The number of nitrogens with zero attached hydrogens (tertiary/aromatic N) is 3. The maximum absolute atomic E-state index is 13.0. The minimum Gasteiger partial charge on any atom is -0.342 e. The van der Waals surface area contributed by atoms with Gasteiger partial charge in [-0.1, -0.05) is 49.2 Å². The number of nitrogens with one attached hydrogen (secondary N) is 1. The Morgan fingerprint density at radius 2 is 1.84 bits per heavy atom. The van der Waals surface area contributed by atoms with Crippen LogP contribution in [-0.4, -0.2) is 15.9 Å². The number of aromatic nitrogens is 2. The Labute approximate surface area is 190 Å². The van der Waals surface area contributed by atoms with Crippen molar-refractivity contribution in [1.82, 2.24) is 15.3 Å². The van der Waals surface area contributed by atoms with E-state index in [2.05, 4.69) is 55.5 Å². The second-order valence-corrected chi connectivity index (χ2v) is 8.43. The van der Waals surface area contributed by atoms with Gasteiger partial charge in [-0.25, -0.2) is 4.98 Å². The number of pyridine rings is 2. The van der Waals surface area contributed by atoms with E-state index in [1.807, 2.05) is 30.5 Å². The van der Waals surface area contributed by atoms with Gasteiger partial charge in [0.1, 0.15) is 16.2 Å². The Balaban J connectivity index is 1.59. The van der Waals surface area contributed by atoms with Crippen LogP contribution in [0.3, 0.4) is 0 Å². The van der Waals surface area contributed by atoms with E-state index in [1.54, 1.807) is 18.3 Å². The first-order chi connectivity index (χ1) is 15.1. The van der Waals surface area contributed by atoms with Crippen LogP contribution in [-0.2, 0) is 10.3 Å². The lowest BCUT2D eigenvalue weighted by molar-refractivity contribution is -0.119. The van der Waals surface area contributed by atoms with Crippen LogP contribution in [0.1, 0.15) is 36.9 Å². The van der Waals surface area contributed by atoms with Crippen LogP contribution in [0.2, 0.25) is 0 Å². The number of hydrogen-bond acceptors (Lipinski definition) is 4. The van der Waals surface area contributed by atoms with Gasteiger partial charge in [0, 0.05) is 12.4 Å². The van der Waals surface area contributed by atoms with Crippen LogP contribution in [0.15, 0.2) is 77.2 Å². The van der Waals surface area contributed by atoms with Gasteiger partial charge in [-0.05, 0) is 69.7 Å². The first-order valence-electron chi connectivity index (χ1n) is 10.2. The number of hydrogen-bond donors (Lipinski definition) is 1. The summed E-state index contributed by atoms with van der Waals surface area (Å²) in [5.41, 5.74) is 3.32. The third kappa shape index (κ3) is 4.73. The zero-order valence-corrected chi connectivity index (χ0v) is 18.5. The van der Waals surface area contributed by atoms with E-state index in [4.69, 9.17) is 0 Å². The summed E-state index contributed by atoms with van der Waals surface area (Å²) < 4.78 is 0.653. The fourth-order valence-electron chi connectivity index (χ4n) is 4.07. The smallest absolute Gasteiger partial charge is 0.262 e. The zero-order valence-electron chi connectivity index (χ0n) is 16.9. The van der Waals surface area contributed by atoms with E-state index in [0.717, 1.165) is 42.4 Å². The van der Waals surface area contributed by atoms with Crippen LogP contribution in [0.4, 0.5) is 0 Å². The number of nitriles is 1. The number of carbonyl (C=O) groups is 1. The molecule has 1 amide bonds. The summed E-state index contributed by atoms with van der Waals surface area (Å²) in [6.07, 6.45) is 8.87. The van der Waals surface area contributed by atoms with Crippen molar-refractivity contribution in [2.24, 2.45) is 0 Å². The molecule has 2 heterocycles. The zero-order chi connectivity index (χ0) is 21.7. The van der Waals surface area contributed by atoms with Crippen molar-refractivity contribution in [3.63, 3.8) is 0 Å². The molecule has 1 N–H and O–H groups in total. The highest BCUT2D eigenvalue weighted by Crippen LogP contribution is 2.39. The molecule has 1 aromatic carbocycles. The molecule has 6 heteroatoms. The largest absolute Gasteiger partial charge is 0.342 e. The molecule has 31 heavy (non-hydrogen) atoms. The molecule has 154 valence electrons. The first kappa shape index (κ1) is 21.0. The molecule has 0 radical (unpaired) electrons. The van der Waals surface area contributed by atoms with Crippen LogP contribution >= 0.6 is 15.9 Å². The number of rotatable bonds is 5. The lowest BCUT2D eigenvalue weighted by Crippen LogP contribution is -2.44. The van der Waals surface area contributed by atoms with Gasteiger partial charge in [-0.3, -0.25) is 9.78 Å². The third-order valence-corrected chi connectivity index (χ3v) is 6.08. The summed E-state index contributed by atoms with van der Waals surface area (Å²) in [6.45, 7) is 0. The van der Waals surface area contributed by atoms with E-state index < -0.39 is 5.54 Å². The average Bonchev–Trinajstić information content (AvgIpc) is 3.28. The number of halogens is 1. The van der Waals surface area contributed by atoms with E-state index in [0.29, 0.717) is 10.3 Å². The van der Waals surface area contributed by atoms with Gasteiger partial charge in [-0.2, -0.15) is 5.26 Å². The average molecular weight is 473 g/mol. The fraction of sp³-hybridized carbons (Fsp3) is 0.200. The Kier molecular flexibility index (Phi) is 6.24. The number of amides is 1. The second kappa shape index (κ2) is 9.23. The second-order valence-electron chi connectivity index (χ2n) is 7.62. The Bertz CT molecular complexity index is 1140. The Morgan fingerprint density at radius 3 is 2.48 bits per heavy atom. The van der Waals surface area contributed by atoms with Crippen molar-refractivity contribution < 1.29 is 4.79 Å². The predicted molar refractivity (Wildman–Crippen MR) is 123 cm³/mol. The summed E-state index contributed by atoms with van der Waals surface area (Å²) in [5.74, 6) is -0.373. The van der Waals surface area contributed by atoms with Gasteiger partial charge in [-0.15, -0.1) is 0 Å². The number of benzene rings is 1.